The zero-order valence-electron chi connectivity index (χ0n) is 16.2. The molecular weight excluding hydrogens is 314 g/mol. The van der Waals surface area contributed by atoms with E-state index in [-0.39, 0.29) is 5.91 Å². The molecule has 0 aliphatic carbocycles. The Morgan fingerprint density at radius 1 is 1.12 bits per heavy atom. The van der Waals surface area contributed by atoms with Crippen molar-refractivity contribution in [3.63, 3.8) is 0 Å². The summed E-state index contributed by atoms with van der Waals surface area (Å²) in [6, 6.07) is 7.89. The first-order chi connectivity index (χ1) is 12.0. The second-order valence-corrected chi connectivity index (χ2v) is 7.40. The van der Waals surface area contributed by atoms with Gasteiger partial charge in [0.05, 0.1) is 13.7 Å². The van der Waals surface area contributed by atoms with Crippen molar-refractivity contribution in [1.29, 1.82) is 0 Å². The molecule has 1 fully saturated rings. The molecular formula is C20H33N3O2. The lowest BCUT2D eigenvalue weighted by molar-refractivity contribution is -0.132. The number of amides is 1. The Morgan fingerprint density at radius 3 is 2.28 bits per heavy atom. The summed E-state index contributed by atoms with van der Waals surface area (Å²) in [4.78, 5) is 19.1. The van der Waals surface area contributed by atoms with Gasteiger partial charge in [0, 0.05) is 39.8 Å². The fourth-order valence-corrected chi connectivity index (χ4v) is 3.02. The monoisotopic (exact) mass is 347 g/mol. The van der Waals surface area contributed by atoms with Gasteiger partial charge in [0.1, 0.15) is 5.75 Å². The first kappa shape index (κ1) is 19.7. The van der Waals surface area contributed by atoms with Crippen LogP contribution in [0.15, 0.2) is 24.3 Å². The van der Waals surface area contributed by atoms with Crippen molar-refractivity contribution in [2.24, 2.45) is 5.92 Å². The highest BCUT2D eigenvalue weighted by Crippen LogP contribution is 2.13. The Bertz CT molecular complexity index is 522. The van der Waals surface area contributed by atoms with Gasteiger partial charge < -0.3 is 14.5 Å². The molecule has 0 saturated carbocycles. The normalized spacial score (nSPS) is 16.2. The summed E-state index contributed by atoms with van der Waals surface area (Å²) in [5.74, 6) is 1.78. The maximum absolute atomic E-state index is 12.5. The molecule has 140 valence electrons. The lowest BCUT2D eigenvalue weighted by Crippen LogP contribution is -2.49. The Labute approximate surface area is 152 Å². The van der Waals surface area contributed by atoms with Gasteiger partial charge in [-0.25, -0.2) is 0 Å². The number of carbonyl (C=O) groups is 1. The van der Waals surface area contributed by atoms with E-state index in [9.17, 15) is 4.79 Å². The standard InChI is InChI=1S/C20H33N3O2/c1-17(2)9-10-22-11-13-23(14-12-22)16-20(24)21(3)15-18-5-7-19(25-4)8-6-18/h5-8,17H,9-16H2,1-4H3. The molecule has 0 aromatic heterocycles. The maximum Gasteiger partial charge on any atom is 0.236 e. The maximum atomic E-state index is 12.5. The number of hydrogen-bond donors (Lipinski definition) is 0. The van der Waals surface area contributed by atoms with Crippen LogP contribution in [0.2, 0.25) is 0 Å². The zero-order valence-corrected chi connectivity index (χ0v) is 16.2. The summed E-state index contributed by atoms with van der Waals surface area (Å²) in [6.45, 7) is 11.0. The van der Waals surface area contributed by atoms with Gasteiger partial charge in [-0.15, -0.1) is 0 Å². The molecule has 1 heterocycles. The molecule has 0 radical (unpaired) electrons. The molecule has 0 unspecified atom stereocenters. The molecule has 1 aliphatic heterocycles. The molecule has 0 N–H and O–H groups in total. The second-order valence-electron chi connectivity index (χ2n) is 7.40. The Balaban J connectivity index is 1.72. The third kappa shape index (κ3) is 6.67. The van der Waals surface area contributed by atoms with E-state index in [1.54, 1.807) is 7.11 Å². The average molecular weight is 348 g/mol. The number of nitrogens with zero attached hydrogens (tertiary/aromatic N) is 3. The number of piperazine rings is 1. The van der Waals surface area contributed by atoms with E-state index in [4.69, 9.17) is 4.74 Å². The molecule has 5 heteroatoms. The lowest BCUT2D eigenvalue weighted by Gasteiger charge is -2.35. The van der Waals surface area contributed by atoms with Gasteiger partial charge in [0.15, 0.2) is 0 Å². The van der Waals surface area contributed by atoms with E-state index < -0.39 is 0 Å². The van der Waals surface area contributed by atoms with Gasteiger partial charge >= 0.3 is 0 Å². The third-order valence-corrected chi connectivity index (χ3v) is 4.85. The van der Waals surface area contributed by atoms with Crippen LogP contribution in [-0.2, 0) is 11.3 Å². The van der Waals surface area contributed by atoms with Crippen LogP contribution in [0.1, 0.15) is 25.8 Å². The molecule has 0 atom stereocenters. The largest absolute Gasteiger partial charge is 0.497 e. The summed E-state index contributed by atoms with van der Waals surface area (Å²) in [6.07, 6.45) is 1.25. The smallest absolute Gasteiger partial charge is 0.236 e. The molecule has 2 rings (SSSR count). The van der Waals surface area contributed by atoms with Gasteiger partial charge in [-0.2, -0.15) is 0 Å². The van der Waals surface area contributed by atoms with Crippen molar-refractivity contribution in [3.05, 3.63) is 29.8 Å². The van der Waals surface area contributed by atoms with E-state index in [0.717, 1.165) is 43.4 Å². The molecule has 25 heavy (non-hydrogen) atoms. The molecule has 1 amide bonds. The van der Waals surface area contributed by atoms with Crippen LogP contribution in [-0.4, -0.2) is 74.0 Å². The van der Waals surface area contributed by atoms with Crippen LogP contribution in [0, 0.1) is 5.92 Å². The summed E-state index contributed by atoms with van der Waals surface area (Å²) in [5.41, 5.74) is 1.12. The van der Waals surface area contributed by atoms with Crippen molar-refractivity contribution >= 4 is 5.91 Å². The predicted octanol–water partition coefficient (Wildman–Crippen LogP) is 2.32. The SMILES string of the molecule is COc1ccc(CN(C)C(=O)CN2CCN(CCC(C)C)CC2)cc1. The molecule has 0 spiro atoms. The number of ether oxygens (including phenoxy) is 1. The average Bonchev–Trinajstić information content (AvgIpc) is 2.61. The molecule has 1 aliphatic rings. The number of carbonyl (C=O) groups excluding carboxylic acids is 1. The minimum absolute atomic E-state index is 0.187. The van der Waals surface area contributed by atoms with E-state index in [1.807, 2.05) is 36.2 Å². The van der Waals surface area contributed by atoms with Crippen LogP contribution in [0.3, 0.4) is 0 Å². The van der Waals surface area contributed by atoms with Gasteiger partial charge in [0.2, 0.25) is 5.91 Å². The van der Waals surface area contributed by atoms with Crippen molar-refractivity contribution in [2.45, 2.75) is 26.8 Å². The van der Waals surface area contributed by atoms with E-state index in [1.165, 1.54) is 13.0 Å². The van der Waals surface area contributed by atoms with Crippen LogP contribution in [0.25, 0.3) is 0 Å². The zero-order chi connectivity index (χ0) is 18.2. The minimum atomic E-state index is 0.187. The number of likely N-dealkylation sites (N-methyl/N-ethyl adjacent to an activating group) is 1. The highest BCUT2D eigenvalue weighted by atomic mass is 16.5. The van der Waals surface area contributed by atoms with Gasteiger partial charge in [-0.3, -0.25) is 9.69 Å². The molecule has 1 saturated heterocycles. The predicted molar refractivity (Wildman–Crippen MR) is 102 cm³/mol. The molecule has 5 nitrogen and oxygen atoms in total. The summed E-state index contributed by atoms with van der Waals surface area (Å²) in [7, 11) is 3.54. The third-order valence-electron chi connectivity index (χ3n) is 4.85. The topological polar surface area (TPSA) is 36.0 Å². The van der Waals surface area contributed by atoms with Crippen molar-refractivity contribution < 1.29 is 9.53 Å². The Morgan fingerprint density at radius 2 is 1.72 bits per heavy atom. The first-order valence-corrected chi connectivity index (χ1v) is 9.29. The van der Waals surface area contributed by atoms with Crippen molar-refractivity contribution in [1.82, 2.24) is 14.7 Å². The number of methoxy groups -OCH3 is 1. The summed E-state index contributed by atoms with van der Waals surface area (Å²) in [5, 5.41) is 0. The van der Waals surface area contributed by atoms with Gasteiger partial charge in [0.25, 0.3) is 0 Å². The van der Waals surface area contributed by atoms with E-state index in [0.29, 0.717) is 13.1 Å². The lowest BCUT2D eigenvalue weighted by atomic mass is 10.1. The van der Waals surface area contributed by atoms with Crippen LogP contribution >= 0.6 is 0 Å². The summed E-state index contributed by atoms with van der Waals surface area (Å²) >= 11 is 0. The number of rotatable bonds is 8. The van der Waals surface area contributed by atoms with Crippen molar-refractivity contribution in [2.75, 3.05) is 53.4 Å². The van der Waals surface area contributed by atoms with E-state index >= 15 is 0 Å². The van der Waals surface area contributed by atoms with Crippen molar-refractivity contribution in [3.8, 4) is 5.75 Å². The quantitative estimate of drug-likeness (QED) is 0.723. The van der Waals surface area contributed by atoms with Gasteiger partial charge in [-0.05, 0) is 36.6 Å². The Kier molecular flexibility index (Phi) is 7.72. The number of hydrogen-bond acceptors (Lipinski definition) is 4. The molecule has 0 bridgehead atoms. The fourth-order valence-electron chi connectivity index (χ4n) is 3.02. The molecule has 1 aromatic carbocycles. The highest BCUT2D eigenvalue weighted by Gasteiger charge is 2.20. The highest BCUT2D eigenvalue weighted by molar-refractivity contribution is 5.78. The van der Waals surface area contributed by atoms with Crippen LogP contribution in [0.4, 0.5) is 0 Å². The summed E-state index contributed by atoms with van der Waals surface area (Å²) < 4.78 is 5.17. The Hall–Kier alpha value is -1.59. The number of benzene rings is 1. The molecule has 1 aromatic rings. The van der Waals surface area contributed by atoms with E-state index in [2.05, 4.69) is 23.6 Å². The minimum Gasteiger partial charge on any atom is -0.497 e. The van der Waals surface area contributed by atoms with Crippen LogP contribution in [0.5, 0.6) is 5.75 Å². The second kappa shape index (κ2) is 9.78. The first-order valence-electron chi connectivity index (χ1n) is 9.29. The van der Waals surface area contributed by atoms with Gasteiger partial charge in [-0.1, -0.05) is 26.0 Å². The fraction of sp³-hybridized carbons (Fsp3) is 0.650. The van der Waals surface area contributed by atoms with Crippen LogP contribution < -0.4 is 4.74 Å².